The van der Waals surface area contributed by atoms with E-state index in [1.807, 2.05) is 0 Å². The highest BCUT2D eigenvalue weighted by Gasteiger charge is 2.62. The van der Waals surface area contributed by atoms with Gasteiger partial charge >= 0.3 is 6.18 Å². The maximum absolute atomic E-state index is 14.3. The molecular formula is C19H17ClF4N4O. The van der Waals surface area contributed by atoms with Gasteiger partial charge in [-0.05, 0) is 42.3 Å². The van der Waals surface area contributed by atoms with Crippen molar-refractivity contribution in [1.82, 2.24) is 10.4 Å². The molecular weight excluding hydrogens is 412 g/mol. The second-order valence-electron chi connectivity index (χ2n) is 6.70. The number of carbonyl (C=O) groups excluding carboxylic acids is 1. The molecule has 1 amide bonds. The van der Waals surface area contributed by atoms with E-state index in [1.165, 1.54) is 31.3 Å². The third kappa shape index (κ3) is 3.74. The summed E-state index contributed by atoms with van der Waals surface area (Å²) < 4.78 is 56.9. The minimum Gasteiger partial charge on any atom is -0.296 e. The number of carbonyl (C=O) groups is 1. The summed E-state index contributed by atoms with van der Waals surface area (Å²) in [7, 11) is 1.24. The van der Waals surface area contributed by atoms with Crippen LogP contribution in [0.2, 0.25) is 5.02 Å². The van der Waals surface area contributed by atoms with Gasteiger partial charge in [0.15, 0.2) is 5.54 Å². The Balaban J connectivity index is 2.06. The lowest BCUT2D eigenvalue weighted by Gasteiger charge is -2.37. The van der Waals surface area contributed by atoms with Crippen LogP contribution in [0.25, 0.3) is 0 Å². The van der Waals surface area contributed by atoms with Gasteiger partial charge < -0.3 is 0 Å². The van der Waals surface area contributed by atoms with Gasteiger partial charge in [-0.25, -0.2) is 4.39 Å². The van der Waals surface area contributed by atoms with Crippen molar-refractivity contribution in [1.29, 1.82) is 0 Å². The lowest BCUT2D eigenvalue weighted by Crippen LogP contribution is -2.50. The predicted molar refractivity (Wildman–Crippen MR) is 102 cm³/mol. The van der Waals surface area contributed by atoms with E-state index in [2.05, 4.69) is 16.0 Å². The van der Waals surface area contributed by atoms with Gasteiger partial charge in [-0.15, -0.1) is 0 Å². The van der Waals surface area contributed by atoms with Crippen molar-refractivity contribution in [3.05, 3.63) is 63.9 Å². The van der Waals surface area contributed by atoms with Crippen LogP contribution in [0.3, 0.4) is 0 Å². The van der Waals surface area contributed by atoms with Crippen LogP contribution in [-0.4, -0.2) is 30.4 Å². The molecule has 0 aliphatic carbocycles. The first-order valence-electron chi connectivity index (χ1n) is 8.49. The van der Waals surface area contributed by atoms with E-state index in [0.717, 1.165) is 11.1 Å². The number of nitrogens with zero attached hydrogens (tertiary/aromatic N) is 2. The molecule has 1 aliphatic heterocycles. The fourth-order valence-corrected chi connectivity index (χ4v) is 3.73. The largest absolute Gasteiger partial charge is 0.417 e. The van der Waals surface area contributed by atoms with Crippen LogP contribution in [0.15, 0.2) is 41.5 Å². The zero-order valence-corrected chi connectivity index (χ0v) is 16.2. The second-order valence-corrected chi connectivity index (χ2v) is 7.14. The van der Waals surface area contributed by atoms with Gasteiger partial charge in [0, 0.05) is 24.1 Å². The monoisotopic (exact) mass is 428 g/mol. The topological polar surface area (TPSA) is 56.7 Å². The van der Waals surface area contributed by atoms with Crippen molar-refractivity contribution in [2.45, 2.75) is 25.1 Å². The molecule has 2 N–H and O–H groups in total. The molecule has 0 radical (unpaired) electrons. The highest BCUT2D eigenvalue weighted by molar-refractivity contribution is 6.30. The van der Waals surface area contributed by atoms with Crippen LogP contribution in [0, 0.1) is 12.7 Å². The third-order valence-corrected chi connectivity index (χ3v) is 5.02. The molecule has 1 atom stereocenters. The predicted octanol–water partition coefficient (Wildman–Crippen LogP) is 4.36. The van der Waals surface area contributed by atoms with Crippen molar-refractivity contribution in [2.24, 2.45) is 5.10 Å². The lowest BCUT2D eigenvalue weighted by molar-refractivity contribution is -0.227. The van der Waals surface area contributed by atoms with Crippen molar-refractivity contribution < 1.29 is 22.4 Å². The summed E-state index contributed by atoms with van der Waals surface area (Å²) in [6.07, 6.45) is -4.84. The number of hydrogen-bond donors (Lipinski definition) is 2. The zero-order valence-electron chi connectivity index (χ0n) is 15.4. The smallest absolute Gasteiger partial charge is 0.296 e. The number of alkyl halides is 3. The van der Waals surface area contributed by atoms with E-state index < -0.39 is 24.0 Å². The van der Waals surface area contributed by atoms with Crippen molar-refractivity contribution in [3.8, 4) is 0 Å². The van der Waals surface area contributed by atoms with Crippen LogP contribution >= 0.6 is 11.6 Å². The first-order chi connectivity index (χ1) is 13.6. The number of rotatable bonds is 5. The number of benzene rings is 2. The molecule has 0 aromatic heterocycles. The van der Waals surface area contributed by atoms with E-state index in [9.17, 15) is 22.4 Å². The quantitative estimate of drug-likeness (QED) is 0.423. The molecule has 1 aliphatic rings. The van der Waals surface area contributed by atoms with Crippen molar-refractivity contribution in [2.75, 3.05) is 12.5 Å². The number of hydrazone groups is 1. The summed E-state index contributed by atoms with van der Waals surface area (Å²) in [5, 5.41) is 5.17. The Kier molecular flexibility index (Phi) is 5.44. The summed E-state index contributed by atoms with van der Waals surface area (Å²) in [4.78, 5) is 10.4. The fraction of sp³-hybridized carbons (Fsp3) is 0.263. The molecule has 0 saturated carbocycles. The Morgan fingerprint density at radius 1 is 1.24 bits per heavy atom. The van der Waals surface area contributed by atoms with Crippen LogP contribution in [0.5, 0.6) is 0 Å². The second kappa shape index (κ2) is 7.55. The third-order valence-electron chi connectivity index (χ3n) is 4.80. The molecule has 2 aromatic carbocycles. The van der Waals surface area contributed by atoms with Gasteiger partial charge in [0.2, 0.25) is 6.41 Å². The molecule has 0 fully saturated rings. The maximum atomic E-state index is 14.3. The molecule has 0 saturated heterocycles. The first kappa shape index (κ1) is 20.9. The minimum atomic E-state index is -4.66. The van der Waals surface area contributed by atoms with E-state index in [0.29, 0.717) is 17.5 Å². The number of hydrogen-bond acceptors (Lipinski definition) is 4. The number of hydrazine groups is 1. The van der Waals surface area contributed by atoms with Gasteiger partial charge in [0.25, 0.3) is 0 Å². The molecule has 0 bridgehead atoms. The molecule has 2 aromatic rings. The normalized spacial score (nSPS) is 19.1. The van der Waals surface area contributed by atoms with E-state index in [4.69, 9.17) is 11.6 Å². The summed E-state index contributed by atoms with van der Waals surface area (Å²) in [5.74, 6) is -0.678. The van der Waals surface area contributed by atoms with Crippen LogP contribution < -0.4 is 10.9 Å². The molecule has 10 heteroatoms. The summed E-state index contributed by atoms with van der Waals surface area (Å²) in [6, 6.07) is 7.99. The molecule has 0 spiro atoms. The molecule has 1 unspecified atom stereocenters. The number of amides is 1. The maximum Gasteiger partial charge on any atom is 0.417 e. The molecule has 3 rings (SSSR count). The Bertz CT molecular complexity index is 959. The van der Waals surface area contributed by atoms with Crippen LogP contribution in [0.1, 0.15) is 23.1 Å². The summed E-state index contributed by atoms with van der Waals surface area (Å²) in [6.45, 7) is 1.66. The number of anilines is 1. The van der Waals surface area contributed by atoms with Gasteiger partial charge in [-0.2, -0.15) is 18.3 Å². The lowest BCUT2D eigenvalue weighted by atomic mass is 9.83. The van der Waals surface area contributed by atoms with E-state index in [1.54, 1.807) is 13.0 Å². The minimum absolute atomic E-state index is 0.0284. The van der Waals surface area contributed by atoms with Gasteiger partial charge in [-0.1, -0.05) is 23.7 Å². The summed E-state index contributed by atoms with van der Waals surface area (Å²) in [5.41, 5.74) is 2.89. The summed E-state index contributed by atoms with van der Waals surface area (Å²) >= 11 is 6.02. The Morgan fingerprint density at radius 3 is 2.59 bits per heavy atom. The fourth-order valence-electron chi connectivity index (χ4n) is 3.44. The zero-order chi connectivity index (χ0) is 21.4. The number of nitrogens with one attached hydrogen (secondary N) is 2. The standard InChI is InChI=1S/C19H17ClF4N4O/c1-11-5-13(8-14(20)6-11)18(19(22,23)24)9-17(27-28(18)2)12-3-4-15(21)16(7-12)26-25-10-29/h3-8,10,26H,9H2,1-2H3,(H,25,29). The SMILES string of the molecule is Cc1cc(Cl)cc(C2(C(F)(F)F)CC(c3ccc(F)c(NNC=O)c3)=NN2C)c1. The van der Waals surface area contributed by atoms with Crippen molar-refractivity contribution >= 4 is 29.4 Å². The average Bonchev–Trinajstić information content (AvgIpc) is 2.98. The van der Waals surface area contributed by atoms with E-state index in [-0.39, 0.29) is 22.0 Å². The number of halogens is 5. The van der Waals surface area contributed by atoms with Gasteiger partial charge in [-0.3, -0.25) is 20.7 Å². The van der Waals surface area contributed by atoms with Gasteiger partial charge in [0.05, 0.1) is 11.4 Å². The van der Waals surface area contributed by atoms with E-state index >= 15 is 0 Å². The Hall–Kier alpha value is -2.81. The highest BCUT2D eigenvalue weighted by atomic mass is 35.5. The Labute approximate surface area is 169 Å². The Morgan fingerprint density at radius 2 is 1.97 bits per heavy atom. The van der Waals surface area contributed by atoms with Crippen LogP contribution in [0.4, 0.5) is 23.2 Å². The molecule has 154 valence electrons. The molecule has 5 nitrogen and oxygen atoms in total. The number of aryl methyl sites for hydroxylation is 1. The molecule has 29 heavy (non-hydrogen) atoms. The average molecular weight is 429 g/mol. The van der Waals surface area contributed by atoms with Crippen LogP contribution in [-0.2, 0) is 10.3 Å². The molecule has 1 heterocycles. The van der Waals surface area contributed by atoms with Crippen molar-refractivity contribution in [3.63, 3.8) is 0 Å². The highest BCUT2D eigenvalue weighted by Crippen LogP contribution is 2.50. The first-order valence-corrected chi connectivity index (χ1v) is 8.87. The van der Waals surface area contributed by atoms with Gasteiger partial charge in [0.1, 0.15) is 5.82 Å².